The highest BCUT2D eigenvalue weighted by molar-refractivity contribution is 5.76. The van der Waals surface area contributed by atoms with Gasteiger partial charge in [-0.05, 0) is 25.7 Å². The number of rotatable bonds is 74. The van der Waals surface area contributed by atoms with Gasteiger partial charge in [-0.3, -0.25) is 9.59 Å². The molecule has 2 atom stereocenters. The molecule has 0 bridgehead atoms. The van der Waals surface area contributed by atoms with E-state index in [0.29, 0.717) is 25.9 Å². The van der Waals surface area contributed by atoms with E-state index in [9.17, 15) is 19.8 Å². The van der Waals surface area contributed by atoms with E-state index in [1.807, 2.05) is 0 Å². The lowest BCUT2D eigenvalue weighted by atomic mass is 10.0. The molecule has 83 heavy (non-hydrogen) atoms. The summed E-state index contributed by atoms with van der Waals surface area (Å²) in [6.07, 6.45) is 90.5. The normalized spacial score (nSPS) is 12.4. The number of unbranched alkanes of at least 4 members (excludes halogenated alkanes) is 63. The predicted octanol–water partition coefficient (Wildman–Crippen LogP) is 25.3. The van der Waals surface area contributed by atoms with Crippen LogP contribution in [0.4, 0.5) is 0 Å². The third-order valence-corrected chi connectivity index (χ3v) is 18.7. The Kier molecular flexibility index (Phi) is 72.3. The molecule has 0 rings (SSSR count). The highest BCUT2D eigenvalue weighted by Gasteiger charge is 2.20. The van der Waals surface area contributed by atoms with Gasteiger partial charge < -0.3 is 20.3 Å². The molecule has 0 spiro atoms. The molecule has 0 aliphatic rings. The van der Waals surface area contributed by atoms with E-state index in [1.54, 1.807) is 0 Å². The molecule has 0 aliphatic heterocycles. The van der Waals surface area contributed by atoms with Crippen LogP contribution < -0.4 is 5.32 Å². The average Bonchev–Trinajstić information content (AvgIpc) is 3.49. The third-order valence-electron chi connectivity index (χ3n) is 18.7. The number of nitrogens with one attached hydrogen (secondary N) is 1. The summed E-state index contributed by atoms with van der Waals surface area (Å²) in [7, 11) is 0. The Hall–Kier alpha value is -1.14. The molecule has 3 N–H and O–H groups in total. The summed E-state index contributed by atoms with van der Waals surface area (Å²) in [5.74, 6) is 0.000401. The van der Waals surface area contributed by atoms with Gasteiger partial charge >= 0.3 is 5.97 Å². The van der Waals surface area contributed by atoms with Crippen LogP contribution in [0.2, 0.25) is 0 Å². The minimum atomic E-state index is -0.660. The summed E-state index contributed by atoms with van der Waals surface area (Å²) >= 11 is 0. The highest BCUT2D eigenvalue weighted by Crippen LogP contribution is 2.20. The number of amides is 1. The maximum absolute atomic E-state index is 12.6. The molecule has 6 heteroatoms. The second-order valence-electron chi connectivity index (χ2n) is 27.1. The summed E-state index contributed by atoms with van der Waals surface area (Å²) in [5.41, 5.74) is 0. The van der Waals surface area contributed by atoms with Gasteiger partial charge in [-0.15, -0.1) is 0 Å². The molecule has 496 valence electrons. The van der Waals surface area contributed by atoms with Crippen LogP contribution in [-0.4, -0.2) is 47.4 Å². The van der Waals surface area contributed by atoms with Crippen molar-refractivity contribution in [3.05, 3.63) is 0 Å². The summed E-state index contributed by atoms with van der Waals surface area (Å²) in [4.78, 5) is 24.6. The fraction of sp³-hybridized carbons (Fsp3) is 0.974. The first-order valence-corrected chi connectivity index (χ1v) is 38.8. The van der Waals surface area contributed by atoms with Crippen molar-refractivity contribution < 1.29 is 24.5 Å². The molecule has 0 fully saturated rings. The minimum Gasteiger partial charge on any atom is -0.466 e. The van der Waals surface area contributed by atoms with E-state index >= 15 is 0 Å². The first-order valence-electron chi connectivity index (χ1n) is 38.8. The SMILES string of the molecule is CCCCCCCCCCCCCCCCCCCCCC(O)C(CO)NC(=O)CCCCCCCCCCCCCCCCCCCCCCCCCCCCCCCCCCCCCOC(=O)CCCCCCCCCCCCCC. The standard InChI is InChI=1S/C77H153NO5/c1-3-5-7-9-11-13-15-17-18-19-37-40-43-46-49-53-57-61-65-69-75(80)74(73-79)78-76(81)70-66-62-58-54-50-47-44-41-38-35-33-31-29-27-25-23-21-20-22-24-26-28-30-32-34-36-39-42-45-48-52-56-60-64-68-72-83-77(82)71-67-63-59-55-51-16-14-12-10-8-6-4-2/h74-75,79-80H,3-73H2,1-2H3,(H,78,81). The molecule has 6 nitrogen and oxygen atoms in total. The lowest BCUT2D eigenvalue weighted by Gasteiger charge is -2.22. The molecule has 0 radical (unpaired) electrons. The number of ether oxygens (including phenoxy) is 1. The number of hydrogen-bond acceptors (Lipinski definition) is 5. The Morgan fingerprint density at radius 3 is 0.735 bits per heavy atom. The van der Waals surface area contributed by atoms with Crippen molar-refractivity contribution >= 4 is 11.9 Å². The van der Waals surface area contributed by atoms with Crippen molar-refractivity contribution in [2.45, 2.75) is 469 Å². The highest BCUT2D eigenvalue weighted by atomic mass is 16.5. The van der Waals surface area contributed by atoms with Gasteiger partial charge in [-0.1, -0.05) is 418 Å². The van der Waals surface area contributed by atoms with Crippen molar-refractivity contribution in [3.63, 3.8) is 0 Å². The Bertz CT molecular complexity index is 1210. The number of esters is 1. The summed E-state index contributed by atoms with van der Waals surface area (Å²) < 4.78 is 5.49. The largest absolute Gasteiger partial charge is 0.466 e. The fourth-order valence-electron chi connectivity index (χ4n) is 12.8. The second-order valence-corrected chi connectivity index (χ2v) is 27.1. The van der Waals surface area contributed by atoms with Gasteiger partial charge in [-0.25, -0.2) is 0 Å². The van der Waals surface area contributed by atoms with Gasteiger partial charge in [0, 0.05) is 12.8 Å². The number of carbonyl (C=O) groups excluding carboxylic acids is 2. The summed E-state index contributed by atoms with van der Waals surface area (Å²) in [6, 6.07) is -0.537. The van der Waals surface area contributed by atoms with Gasteiger partial charge in [0.2, 0.25) is 5.91 Å². The zero-order chi connectivity index (χ0) is 59.9. The summed E-state index contributed by atoms with van der Waals surface area (Å²) in [5, 5.41) is 23.4. The maximum atomic E-state index is 12.6. The van der Waals surface area contributed by atoms with Gasteiger partial charge in [0.05, 0.1) is 25.4 Å². The van der Waals surface area contributed by atoms with Gasteiger partial charge in [-0.2, -0.15) is 0 Å². The molecule has 0 saturated heterocycles. The molecular formula is C77H153NO5. The smallest absolute Gasteiger partial charge is 0.305 e. The Labute approximate surface area is 521 Å². The lowest BCUT2D eigenvalue weighted by molar-refractivity contribution is -0.143. The fourth-order valence-corrected chi connectivity index (χ4v) is 12.8. The number of carbonyl (C=O) groups is 2. The molecule has 1 amide bonds. The first-order chi connectivity index (χ1) is 41.0. The van der Waals surface area contributed by atoms with Crippen LogP contribution in [0.3, 0.4) is 0 Å². The van der Waals surface area contributed by atoms with Gasteiger partial charge in [0.25, 0.3) is 0 Å². The van der Waals surface area contributed by atoms with Crippen molar-refractivity contribution in [2.75, 3.05) is 13.2 Å². The van der Waals surface area contributed by atoms with Crippen molar-refractivity contribution in [2.24, 2.45) is 0 Å². The number of hydrogen-bond donors (Lipinski definition) is 3. The molecule has 2 unspecified atom stereocenters. The molecule has 0 aliphatic carbocycles. The van der Waals surface area contributed by atoms with Crippen molar-refractivity contribution in [1.29, 1.82) is 0 Å². The van der Waals surface area contributed by atoms with Gasteiger partial charge in [0.1, 0.15) is 0 Å². The third kappa shape index (κ3) is 69.8. The minimum absolute atomic E-state index is 0.0242. The molecular weight excluding hydrogens is 1020 g/mol. The van der Waals surface area contributed by atoms with Crippen LogP contribution in [0.5, 0.6) is 0 Å². The molecule has 0 saturated carbocycles. The van der Waals surface area contributed by atoms with E-state index in [0.717, 1.165) is 38.5 Å². The van der Waals surface area contributed by atoms with E-state index in [2.05, 4.69) is 19.2 Å². The molecule has 0 aromatic rings. The number of aliphatic hydroxyl groups excluding tert-OH is 2. The predicted molar refractivity (Wildman–Crippen MR) is 366 cm³/mol. The van der Waals surface area contributed by atoms with E-state index in [-0.39, 0.29) is 18.5 Å². The number of aliphatic hydroxyl groups is 2. The average molecular weight is 1170 g/mol. The Morgan fingerprint density at radius 2 is 0.494 bits per heavy atom. The zero-order valence-electron chi connectivity index (χ0n) is 57.0. The zero-order valence-corrected chi connectivity index (χ0v) is 57.0. The Balaban J connectivity index is 3.30. The maximum Gasteiger partial charge on any atom is 0.305 e. The van der Waals surface area contributed by atoms with E-state index in [1.165, 1.54) is 385 Å². The van der Waals surface area contributed by atoms with E-state index < -0.39 is 12.1 Å². The van der Waals surface area contributed by atoms with Crippen molar-refractivity contribution in [1.82, 2.24) is 5.32 Å². The molecule has 0 aromatic carbocycles. The Morgan fingerprint density at radius 1 is 0.289 bits per heavy atom. The van der Waals surface area contributed by atoms with Crippen LogP contribution in [0.15, 0.2) is 0 Å². The van der Waals surface area contributed by atoms with Crippen LogP contribution in [-0.2, 0) is 14.3 Å². The first kappa shape index (κ1) is 81.9. The lowest BCUT2D eigenvalue weighted by Crippen LogP contribution is -2.45. The monoisotopic (exact) mass is 1170 g/mol. The van der Waals surface area contributed by atoms with Crippen LogP contribution in [0.1, 0.15) is 457 Å². The summed E-state index contributed by atoms with van der Waals surface area (Å²) in [6.45, 7) is 5.01. The van der Waals surface area contributed by atoms with Crippen LogP contribution in [0.25, 0.3) is 0 Å². The molecule has 0 heterocycles. The second kappa shape index (κ2) is 73.3. The topological polar surface area (TPSA) is 95.9 Å². The van der Waals surface area contributed by atoms with Crippen LogP contribution >= 0.6 is 0 Å². The van der Waals surface area contributed by atoms with Crippen molar-refractivity contribution in [3.8, 4) is 0 Å². The van der Waals surface area contributed by atoms with Crippen LogP contribution in [0, 0.1) is 0 Å². The quantitative estimate of drug-likeness (QED) is 0.0417. The van der Waals surface area contributed by atoms with Gasteiger partial charge in [0.15, 0.2) is 0 Å². The van der Waals surface area contributed by atoms with E-state index in [4.69, 9.17) is 4.74 Å². The molecule has 0 aromatic heterocycles.